The number of para-hydroxylation sites is 2. The lowest BCUT2D eigenvalue weighted by Crippen LogP contribution is -1.97. The minimum atomic E-state index is 0.231. The summed E-state index contributed by atoms with van der Waals surface area (Å²) in [6.07, 6.45) is 0. The fraction of sp³-hybridized carbons (Fsp3) is 0.133. The lowest BCUT2D eigenvalue weighted by atomic mass is 10.3. The molecule has 0 bridgehead atoms. The molecule has 5 heteroatoms. The summed E-state index contributed by atoms with van der Waals surface area (Å²) >= 11 is 0. The molecular formula is C15H14N2O3. The van der Waals surface area contributed by atoms with Crippen LogP contribution in [0.15, 0.2) is 46.9 Å². The Labute approximate surface area is 115 Å². The molecule has 0 fully saturated rings. The van der Waals surface area contributed by atoms with Gasteiger partial charge in [0.2, 0.25) is 5.89 Å². The molecule has 0 amide bonds. The molecule has 0 aliphatic rings. The van der Waals surface area contributed by atoms with Gasteiger partial charge in [-0.25, -0.2) is 4.98 Å². The van der Waals surface area contributed by atoms with Gasteiger partial charge in [-0.1, -0.05) is 12.1 Å². The van der Waals surface area contributed by atoms with Gasteiger partial charge in [0.25, 0.3) is 0 Å². The van der Waals surface area contributed by atoms with Crippen molar-refractivity contribution in [2.45, 2.75) is 6.61 Å². The van der Waals surface area contributed by atoms with Crippen molar-refractivity contribution >= 4 is 16.8 Å². The molecule has 1 aromatic heterocycles. The van der Waals surface area contributed by atoms with Gasteiger partial charge in [0.05, 0.1) is 7.11 Å². The van der Waals surface area contributed by atoms with Crippen LogP contribution in [0.2, 0.25) is 0 Å². The van der Waals surface area contributed by atoms with E-state index in [-0.39, 0.29) is 6.61 Å². The van der Waals surface area contributed by atoms with E-state index < -0.39 is 0 Å². The zero-order valence-corrected chi connectivity index (χ0v) is 11.0. The first kappa shape index (κ1) is 12.3. The maximum Gasteiger partial charge on any atom is 0.233 e. The Bertz CT molecular complexity index is 737. The summed E-state index contributed by atoms with van der Waals surface area (Å²) in [4.78, 5) is 4.34. The summed E-state index contributed by atoms with van der Waals surface area (Å²) < 4.78 is 16.5. The van der Waals surface area contributed by atoms with Gasteiger partial charge in [-0.3, -0.25) is 0 Å². The average Bonchev–Trinajstić information content (AvgIpc) is 2.87. The van der Waals surface area contributed by atoms with Gasteiger partial charge in [0.15, 0.2) is 23.7 Å². The van der Waals surface area contributed by atoms with E-state index in [4.69, 9.17) is 19.6 Å². The van der Waals surface area contributed by atoms with Crippen LogP contribution in [-0.2, 0) is 6.61 Å². The summed E-state index contributed by atoms with van der Waals surface area (Å²) in [5.41, 5.74) is 7.76. The zero-order chi connectivity index (χ0) is 13.9. The van der Waals surface area contributed by atoms with Crippen LogP contribution in [0.25, 0.3) is 11.1 Å². The van der Waals surface area contributed by atoms with Crippen molar-refractivity contribution in [2.24, 2.45) is 0 Å². The lowest BCUT2D eigenvalue weighted by Gasteiger charge is -2.08. The Morgan fingerprint density at radius 2 is 1.95 bits per heavy atom. The van der Waals surface area contributed by atoms with Crippen molar-refractivity contribution in [2.75, 3.05) is 12.8 Å². The lowest BCUT2D eigenvalue weighted by molar-refractivity contribution is 0.253. The van der Waals surface area contributed by atoms with Crippen LogP contribution in [-0.4, -0.2) is 12.1 Å². The van der Waals surface area contributed by atoms with Gasteiger partial charge >= 0.3 is 0 Å². The van der Waals surface area contributed by atoms with Crippen molar-refractivity contribution in [3.63, 3.8) is 0 Å². The number of nitrogens with zero attached hydrogens (tertiary/aromatic N) is 1. The van der Waals surface area contributed by atoms with Crippen LogP contribution >= 0.6 is 0 Å². The maximum absolute atomic E-state index is 5.70. The van der Waals surface area contributed by atoms with Gasteiger partial charge in [-0.2, -0.15) is 0 Å². The zero-order valence-electron chi connectivity index (χ0n) is 11.0. The van der Waals surface area contributed by atoms with Crippen LogP contribution in [0.1, 0.15) is 5.89 Å². The molecule has 0 aliphatic heterocycles. The second-order valence-electron chi connectivity index (χ2n) is 4.27. The normalized spacial score (nSPS) is 10.7. The third-order valence-corrected chi connectivity index (χ3v) is 2.88. The highest BCUT2D eigenvalue weighted by Gasteiger charge is 2.08. The molecule has 0 saturated carbocycles. The fourth-order valence-electron chi connectivity index (χ4n) is 1.93. The first-order chi connectivity index (χ1) is 9.76. The number of methoxy groups -OCH3 is 1. The molecule has 3 aromatic rings. The van der Waals surface area contributed by atoms with E-state index in [9.17, 15) is 0 Å². The number of ether oxygens (including phenoxy) is 2. The average molecular weight is 270 g/mol. The maximum atomic E-state index is 5.70. The molecule has 0 spiro atoms. The van der Waals surface area contributed by atoms with E-state index in [1.807, 2.05) is 30.3 Å². The number of benzene rings is 2. The minimum Gasteiger partial charge on any atom is -0.493 e. The number of oxazole rings is 1. The van der Waals surface area contributed by atoms with E-state index >= 15 is 0 Å². The van der Waals surface area contributed by atoms with E-state index in [1.165, 1.54) is 0 Å². The molecule has 0 saturated heterocycles. The Hall–Kier alpha value is -2.69. The van der Waals surface area contributed by atoms with Crippen molar-refractivity contribution < 1.29 is 13.9 Å². The summed E-state index contributed by atoms with van der Waals surface area (Å²) in [6.45, 7) is 0.231. The second kappa shape index (κ2) is 5.13. The van der Waals surface area contributed by atoms with Crippen molar-refractivity contribution in [3.8, 4) is 11.5 Å². The summed E-state index contributed by atoms with van der Waals surface area (Å²) in [5, 5.41) is 0. The topological polar surface area (TPSA) is 70.5 Å². The summed E-state index contributed by atoms with van der Waals surface area (Å²) in [7, 11) is 1.60. The smallest absolute Gasteiger partial charge is 0.233 e. The van der Waals surface area contributed by atoms with Crippen LogP contribution in [0, 0.1) is 0 Å². The van der Waals surface area contributed by atoms with Crippen LogP contribution in [0.4, 0.5) is 5.69 Å². The molecule has 0 aliphatic carbocycles. The third kappa shape index (κ3) is 2.38. The summed E-state index contributed by atoms with van der Waals surface area (Å²) in [5.74, 6) is 1.82. The predicted molar refractivity (Wildman–Crippen MR) is 75.7 cm³/mol. The van der Waals surface area contributed by atoms with Gasteiger partial charge in [-0.15, -0.1) is 0 Å². The molecular weight excluding hydrogens is 256 g/mol. The molecule has 1 heterocycles. The van der Waals surface area contributed by atoms with Crippen molar-refractivity contribution in [3.05, 3.63) is 48.4 Å². The van der Waals surface area contributed by atoms with E-state index in [0.29, 0.717) is 28.7 Å². The Morgan fingerprint density at radius 3 is 2.75 bits per heavy atom. The molecule has 0 unspecified atom stereocenters. The SMILES string of the molecule is COc1ccccc1OCc1nc2ccc(N)cc2o1. The fourth-order valence-corrected chi connectivity index (χ4v) is 1.93. The van der Waals surface area contributed by atoms with E-state index in [0.717, 1.165) is 5.52 Å². The quantitative estimate of drug-likeness (QED) is 0.738. The van der Waals surface area contributed by atoms with Crippen LogP contribution in [0.3, 0.4) is 0 Å². The highest BCUT2D eigenvalue weighted by Crippen LogP contribution is 2.27. The van der Waals surface area contributed by atoms with Gasteiger partial charge in [0, 0.05) is 11.8 Å². The number of anilines is 1. The molecule has 102 valence electrons. The number of hydrogen-bond acceptors (Lipinski definition) is 5. The highest BCUT2D eigenvalue weighted by molar-refractivity contribution is 5.76. The number of hydrogen-bond donors (Lipinski definition) is 1. The first-order valence-corrected chi connectivity index (χ1v) is 6.17. The molecule has 20 heavy (non-hydrogen) atoms. The molecule has 0 radical (unpaired) electrons. The molecule has 2 aromatic carbocycles. The van der Waals surface area contributed by atoms with Gasteiger partial charge < -0.3 is 19.6 Å². The Kier molecular flexibility index (Phi) is 3.16. The van der Waals surface area contributed by atoms with Crippen LogP contribution in [0.5, 0.6) is 11.5 Å². The number of fused-ring (bicyclic) bond motifs is 1. The van der Waals surface area contributed by atoms with Gasteiger partial charge in [-0.05, 0) is 24.3 Å². The number of nitrogen functional groups attached to an aromatic ring is 1. The largest absolute Gasteiger partial charge is 0.493 e. The minimum absolute atomic E-state index is 0.231. The molecule has 3 rings (SSSR count). The van der Waals surface area contributed by atoms with Crippen LogP contribution < -0.4 is 15.2 Å². The Balaban J connectivity index is 1.79. The molecule has 2 N–H and O–H groups in total. The second-order valence-corrected chi connectivity index (χ2v) is 4.27. The van der Waals surface area contributed by atoms with Crippen molar-refractivity contribution in [1.82, 2.24) is 4.98 Å². The number of rotatable bonds is 4. The Morgan fingerprint density at radius 1 is 1.15 bits per heavy atom. The molecule has 5 nitrogen and oxygen atoms in total. The number of aromatic nitrogens is 1. The monoisotopic (exact) mass is 270 g/mol. The predicted octanol–water partition coefficient (Wildman–Crippen LogP) is 3.00. The first-order valence-electron chi connectivity index (χ1n) is 6.17. The summed E-state index contributed by atoms with van der Waals surface area (Å²) in [6, 6.07) is 12.8. The van der Waals surface area contributed by atoms with E-state index in [2.05, 4.69) is 4.98 Å². The highest BCUT2D eigenvalue weighted by atomic mass is 16.5. The van der Waals surface area contributed by atoms with Crippen molar-refractivity contribution in [1.29, 1.82) is 0 Å². The molecule has 0 atom stereocenters. The third-order valence-electron chi connectivity index (χ3n) is 2.88. The number of nitrogens with two attached hydrogens (primary N) is 1. The van der Waals surface area contributed by atoms with E-state index in [1.54, 1.807) is 19.2 Å². The standard InChI is InChI=1S/C15H14N2O3/c1-18-12-4-2-3-5-13(12)19-9-15-17-11-7-6-10(16)8-14(11)20-15/h2-8H,9,16H2,1H3. The van der Waals surface area contributed by atoms with Gasteiger partial charge in [0.1, 0.15) is 5.52 Å².